The molecule has 0 aliphatic rings. The van der Waals surface area contributed by atoms with E-state index in [1.165, 1.54) is 0 Å². The van der Waals surface area contributed by atoms with Crippen molar-refractivity contribution in [3.8, 4) is 0 Å². The summed E-state index contributed by atoms with van der Waals surface area (Å²) in [5, 5.41) is 14.2. The molecule has 6 N–H and O–H groups in total. The van der Waals surface area contributed by atoms with Gasteiger partial charge in [0, 0.05) is 17.4 Å². The SMILES string of the molecule is Nc1c(C(=O)NC(CNC=O)C(=O)O)[nH]c2ccccc12. The second-order valence-corrected chi connectivity index (χ2v) is 4.35. The molecule has 2 amide bonds. The number of nitrogens with one attached hydrogen (secondary N) is 3. The summed E-state index contributed by atoms with van der Waals surface area (Å²) in [6.45, 7) is -0.218. The summed E-state index contributed by atoms with van der Waals surface area (Å²) in [6.07, 6.45) is 0.361. The summed E-state index contributed by atoms with van der Waals surface area (Å²) in [6, 6.07) is 5.83. The second-order valence-electron chi connectivity index (χ2n) is 4.35. The standard InChI is InChI=1S/C13H14N4O4/c14-10-7-3-1-2-4-8(7)16-11(10)12(19)17-9(13(20)21)5-15-6-18/h1-4,6,9,16H,5,14H2,(H,15,18)(H,17,19)(H,20,21). The van der Waals surface area contributed by atoms with Crippen LogP contribution in [0.2, 0.25) is 0 Å². The summed E-state index contributed by atoms with van der Waals surface area (Å²) >= 11 is 0. The van der Waals surface area contributed by atoms with Gasteiger partial charge in [0.15, 0.2) is 0 Å². The summed E-state index contributed by atoms with van der Waals surface area (Å²) in [5.41, 5.74) is 6.90. The molecule has 1 heterocycles. The Hall–Kier alpha value is -3.03. The number of benzene rings is 1. The molecule has 0 fully saturated rings. The predicted octanol–water partition coefficient (Wildman–Crippen LogP) is -0.321. The minimum Gasteiger partial charge on any atom is -0.480 e. The van der Waals surface area contributed by atoms with Crippen LogP contribution in [0.1, 0.15) is 10.5 Å². The lowest BCUT2D eigenvalue weighted by Crippen LogP contribution is -2.47. The maximum Gasteiger partial charge on any atom is 0.328 e. The van der Waals surface area contributed by atoms with E-state index in [4.69, 9.17) is 10.8 Å². The van der Waals surface area contributed by atoms with Crippen molar-refractivity contribution < 1.29 is 19.5 Å². The molecule has 0 aliphatic heterocycles. The number of carbonyl (C=O) groups is 3. The third-order valence-corrected chi connectivity index (χ3v) is 2.98. The van der Waals surface area contributed by atoms with E-state index < -0.39 is 17.9 Å². The van der Waals surface area contributed by atoms with Gasteiger partial charge in [-0.3, -0.25) is 9.59 Å². The van der Waals surface area contributed by atoms with Crippen molar-refractivity contribution in [2.75, 3.05) is 12.3 Å². The number of hydrogen-bond donors (Lipinski definition) is 5. The van der Waals surface area contributed by atoms with E-state index >= 15 is 0 Å². The van der Waals surface area contributed by atoms with E-state index in [9.17, 15) is 14.4 Å². The quantitative estimate of drug-likeness (QED) is 0.464. The lowest BCUT2D eigenvalue weighted by atomic mass is 10.2. The number of rotatable bonds is 6. The number of carbonyl (C=O) groups excluding carboxylic acids is 2. The molecule has 1 atom stereocenters. The maximum atomic E-state index is 12.1. The number of amides is 2. The first kappa shape index (κ1) is 14.4. The zero-order valence-electron chi connectivity index (χ0n) is 10.9. The Bertz CT molecular complexity index is 695. The van der Waals surface area contributed by atoms with Gasteiger partial charge in [-0.05, 0) is 6.07 Å². The van der Waals surface area contributed by atoms with Crippen molar-refractivity contribution in [2.24, 2.45) is 0 Å². The fraction of sp³-hybridized carbons (Fsp3) is 0.154. The molecule has 1 aromatic carbocycles. The number of aromatic amines is 1. The Morgan fingerprint density at radius 1 is 1.38 bits per heavy atom. The Kier molecular flexibility index (Phi) is 4.07. The summed E-state index contributed by atoms with van der Waals surface area (Å²) in [4.78, 5) is 36.2. The minimum atomic E-state index is -1.26. The minimum absolute atomic E-state index is 0.0913. The molecule has 8 heteroatoms. The van der Waals surface area contributed by atoms with Crippen molar-refractivity contribution in [1.82, 2.24) is 15.6 Å². The Balaban J connectivity index is 2.23. The van der Waals surface area contributed by atoms with E-state index in [1.807, 2.05) is 0 Å². The third kappa shape index (κ3) is 2.94. The number of carboxylic acids is 1. The van der Waals surface area contributed by atoms with Crippen LogP contribution in [0.15, 0.2) is 24.3 Å². The van der Waals surface area contributed by atoms with Gasteiger partial charge in [0.25, 0.3) is 5.91 Å². The Morgan fingerprint density at radius 2 is 2.10 bits per heavy atom. The molecular weight excluding hydrogens is 276 g/mol. The first-order valence-electron chi connectivity index (χ1n) is 6.11. The topological polar surface area (TPSA) is 137 Å². The van der Waals surface area contributed by atoms with Crippen LogP contribution in [0, 0.1) is 0 Å². The van der Waals surface area contributed by atoms with Gasteiger partial charge in [0.05, 0.1) is 5.69 Å². The molecular formula is C13H14N4O4. The highest BCUT2D eigenvalue weighted by Gasteiger charge is 2.23. The van der Waals surface area contributed by atoms with Gasteiger partial charge in [-0.2, -0.15) is 0 Å². The number of H-pyrrole nitrogens is 1. The molecule has 0 aliphatic carbocycles. The number of aliphatic carboxylic acids is 1. The number of nitrogens with two attached hydrogens (primary N) is 1. The van der Waals surface area contributed by atoms with Crippen molar-refractivity contribution in [3.63, 3.8) is 0 Å². The second kappa shape index (κ2) is 5.95. The van der Waals surface area contributed by atoms with E-state index in [0.29, 0.717) is 17.3 Å². The fourth-order valence-electron chi connectivity index (χ4n) is 1.94. The molecule has 2 aromatic rings. The fourth-order valence-corrected chi connectivity index (χ4v) is 1.94. The van der Waals surface area contributed by atoms with Gasteiger partial charge in [-0.15, -0.1) is 0 Å². The molecule has 110 valence electrons. The van der Waals surface area contributed by atoms with Crippen molar-refractivity contribution in [3.05, 3.63) is 30.0 Å². The van der Waals surface area contributed by atoms with E-state index in [0.717, 1.165) is 0 Å². The van der Waals surface area contributed by atoms with Crippen LogP contribution in [0.3, 0.4) is 0 Å². The van der Waals surface area contributed by atoms with E-state index in [-0.39, 0.29) is 17.9 Å². The van der Waals surface area contributed by atoms with Crippen LogP contribution in [-0.2, 0) is 9.59 Å². The molecule has 0 spiro atoms. The molecule has 0 saturated carbocycles. The third-order valence-electron chi connectivity index (χ3n) is 2.98. The van der Waals surface area contributed by atoms with Crippen molar-refractivity contribution in [1.29, 1.82) is 0 Å². The molecule has 1 unspecified atom stereocenters. The van der Waals surface area contributed by atoms with Gasteiger partial charge >= 0.3 is 5.97 Å². The zero-order chi connectivity index (χ0) is 15.4. The van der Waals surface area contributed by atoms with Crippen LogP contribution in [0.5, 0.6) is 0 Å². The highest BCUT2D eigenvalue weighted by Crippen LogP contribution is 2.24. The smallest absolute Gasteiger partial charge is 0.328 e. The van der Waals surface area contributed by atoms with Crippen LogP contribution < -0.4 is 16.4 Å². The number of para-hydroxylation sites is 1. The van der Waals surface area contributed by atoms with Crippen LogP contribution >= 0.6 is 0 Å². The highest BCUT2D eigenvalue weighted by atomic mass is 16.4. The van der Waals surface area contributed by atoms with Crippen LogP contribution in [0.4, 0.5) is 5.69 Å². The monoisotopic (exact) mass is 290 g/mol. The van der Waals surface area contributed by atoms with Gasteiger partial charge in [-0.1, -0.05) is 18.2 Å². The molecule has 2 rings (SSSR count). The van der Waals surface area contributed by atoms with Crippen molar-refractivity contribution >= 4 is 34.9 Å². The van der Waals surface area contributed by atoms with Gasteiger partial charge in [-0.25, -0.2) is 4.79 Å². The Morgan fingerprint density at radius 3 is 2.71 bits per heavy atom. The molecule has 21 heavy (non-hydrogen) atoms. The molecule has 1 aromatic heterocycles. The molecule has 0 saturated heterocycles. The van der Waals surface area contributed by atoms with E-state index in [1.54, 1.807) is 24.3 Å². The number of anilines is 1. The normalized spacial score (nSPS) is 11.8. The lowest BCUT2D eigenvalue weighted by Gasteiger charge is -2.13. The zero-order valence-corrected chi connectivity index (χ0v) is 10.9. The number of hydrogen-bond acceptors (Lipinski definition) is 4. The number of fused-ring (bicyclic) bond motifs is 1. The number of carboxylic acid groups (broad SMARTS) is 1. The van der Waals surface area contributed by atoms with E-state index in [2.05, 4.69) is 15.6 Å². The predicted molar refractivity (Wildman–Crippen MR) is 75.7 cm³/mol. The highest BCUT2D eigenvalue weighted by molar-refractivity contribution is 6.08. The summed E-state index contributed by atoms with van der Waals surface area (Å²) < 4.78 is 0. The average Bonchev–Trinajstić information content (AvgIpc) is 2.81. The largest absolute Gasteiger partial charge is 0.480 e. The molecule has 0 radical (unpaired) electrons. The summed E-state index contributed by atoms with van der Waals surface area (Å²) in [7, 11) is 0. The molecule has 0 bridgehead atoms. The lowest BCUT2D eigenvalue weighted by molar-refractivity contribution is -0.139. The first-order chi connectivity index (χ1) is 10.0. The van der Waals surface area contributed by atoms with Gasteiger partial charge < -0.3 is 26.5 Å². The molecule has 8 nitrogen and oxygen atoms in total. The van der Waals surface area contributed by atoms with Gasteiger partial charge in [0.1, 0.15) is 11.7 Å². The number of nitrogen functional groups attached to an aromatic ring is 1. The average molecular weight is 290 g/mol. The Labute approximate surface area is 119 Å². The van der Waals surface area contributed by atoms with Crippen molar-refractivity contribution in [2.45, 2.75) is 6.04 Å². The summed E-state index contributed by atoms with van der Waals surface area (Å²) in [5.74, 6) is -1.91. The van der Waals surface area contributed by atoms with Gasteiger partial charge in [0.2, 0.25) is 6.41 Å². The number of aromatic nitrogens is 1. The maximum absolute atomic E-state index is 12.1. The van der Waals surface area contributed by atoms with Crippen LogP contribution in [-0.4, -0.2) is 41.0 Å². The first-order valence-corrected chi connectivity index (χ1v) is 6.11. The van der Waals surface area contributed by atoms with Crippen LogP contribution in [0.25, 0.3) is 10.9 Å².